The number of rotatable bonds is 8. The van der Waals surface area contributed by atoms with Crippen LogP contribution in [0.5, 0.6) is 0 Å². The van der Waals surface area contributed by atoms with E-state index < -0.39 is 35.6 Å². The molecule has 1 amide bonds. The first kappa shape index (κ1) is 25.4. The highest BCUT2D eigenvalue weighted by Crippen LogP contribution is 2.15. The van der Waals surface area contributed by atoms with Gasteiger partial charge in [-0.15, -0.1) is 0 Å². The summed E-state index contributed by atoms with van der Waals surface area (Å²) in [6.07, 6.45) is -0.211. The van der Waals surface area contributed by atoms with Gasteiger partial charge in [-0.25, -0.2) is 9.59 Å². The van der Waals surface area contributed by atoms with Crippen molar-refractivity contribution in [1.29, 1.82) is 0 Å². The Balaban J connectivity index is 0. The molecule has 0 aromatic rings. The first-order valence-electron chi connectivity index (χ1n) is 8.44. The summed E-state index contributed by atoms with van der Waals surface area (Å²) in [5, 5.41) is 5.38. The third-order valence-corrected chi connectivity index (χ3v) is 2.97. The Kier molecular flexibility index (Phi) is 13.7. The number of methoxy groups -OCH3 is 2. The number of esters is 2. The second kappa shape index (κ2) is 13.5. The fraction of sp³-hybridized carbons (Fsp3) is 0.824. The van der Waals surface area contributed by atoms with Gasteiger partial charge in [0.15, 0.2) is 0 Å². The monoisotopic (exact) mass is 362 g/mol. The first-order valence-corrected chi connectivity index (χ1v) is 8.44. The summed E-state index contributed by atoms with van der Waals surface area (Å²) in [5.74, 6) is -1.64. The Labute approximate surface area is 151 Å². The van der Waals surface area contributed by atoms with E-state index in [0.717, 1.165) is 0 Å². The van der Waals surface area contributed by atoms with Crippen LogP contribution < -0.4 is 10.6 Å². The quantitative estimate of drug-likeness (QED) is 0.502. The lowest BCUT2D eigenvalue weighted by Gasteiger charge is -2.24. The van der Waals surface area contributed by atoms with E-state index in [1.807, 2.05) is 13.8 Å². The number of hydrogen-bond donors (Lipinski definition) is 2. The predicted molar refractivity (Wildman–Crippen MR) is 95.2 cm³/mol. The zero-order chi connectivity index (χ0) is 20.0. The number of nitrogens with one attached hydrogen (secondary N) is 2. The van der Waals surface area contributed by atoms with Crippen LogP contribution in [-0.2, 0) is 23.8 Å². The first-order chi connectivity index (χ1) is 11.6. The fourth-order valence-electron chi connectivity index (χ4n) is 1.91. The molecule has 0 fully saturated rings. The van der Waals surface area contributed by atoms with Crippen LogP contribution in [0.25, 0.3) is 0 Å². The normalized spacial score (nSPS) is 12.8. The van der Waals surface area contributed by atoms with Crippen LogP contribution in [-0.4, -0.2) is 57.5 Å². The molecule has 2 N–H and O–H groups in total. The summed E-state index contributed by atoms with van der Waals surface area (Å²) >= 11 is 0. The lowest BCUT2D eigenvalue weighted by molar-refractivity contribution is -0.148. The van der Waals surface area contributed by atoms with Crippen LogP contribution in [0.4, 0.5) is 4.79 Å². The molecule has 148 valence electrons. The van der Waals surface area contributed by atoms with Gasteiger partial charge >= 0.3 is 18.0 Å². The van der Waals surface area contributed by atoms with E-state index in [9.17, 15) is 14.4 Å². The van der Waals surface area contributed by atoms with E-state index in [1.165, 1.54) is 14.2 Å². The lowest BCUT2D eigenvalue weighted by Crippen LogP contribution is -2.46. The van der Waals surface area contributed by atoms with Gasteiger partial charge in [0.1, 0.15) is 11.6 Å². The van der Waals surface area contributed by atoms with E-state index in [0.29, 0.717) is 13.0 Å². The van der Waals surface area contributed by atoms with Crippen LogP contribution in [0.3, 0.4) is 0 Å². The number of ether oxygens (including phenoxy) is 3. The number of carbonyl (C=O) groups is 3. The average Bonchev–Trinajstić information content (AvgIpc) is 2.56. The van der Waals surface area contributed by atoms with Crippen molar-refractivity contribution in [1.82, 2.24) is 10.6 Å². The third-order valence-electron chi connectivity index (χ3n) is 2.97. The van der Waals surface area contributed by atoms with Crippen molar-refractivity contribution < 1.29 is 28.6 Å². The van der Waals surface area contributed by atoms with Crippen LogP contribution >= 0.6 is 0 Å². The van der Waals surface area contributed by atoms with Gasteiger partial charge in [-0.1, -0.05) is 13.8 Å². The molecule has 0 rings (SSSR count). The van der Waals surface area contributed by atoms with Crippen molar-refractivity contribution >= 4 is 18.0 Å². The summed E-state index contributed by atoms with van der Waals surface area (Å²) in [4.78, 5) is 35.6. The summed E-state index contributed by atoms with van der Waals surface area (Å²) in [5.41, 5.74) is -0.696. The van der Waals surface area contributed by atoms with Crippen molar-refractivity contribution in [3.63, 3.8) is 0 Å². The van der Waals surface area contributed by atoms with Crippen molar-refractivity contribution in [2.24, 2.45) is 5.92 Å². The molecule has 0 heterocycles. The third kappa shape index (κ3) is 12.2. The number of alkyl carbamates (subject to hydrolysis) is 1. The maximum absolute atomic E-state index is 11.9. The van der Waals surface area contributed by atoms with Crippen LogP contribution in [0.2, 0.25) is 0 Å². The minimum absolute atomic E-state index is 0.0697. The van der Waals surface area contributed by atoms with Crippen LogP contribution in [0.1, 0.15) is 47.5 Å². The molecule has 0 aliphatic heterocycles. The molecule has 2 atom stereocenters. The summed E-state index contributed by atoms with van der Waals surface area (Å²) in [6, 6.07) is -0.990. The molecule has 0 radical (unpaired) electrons. The van der Waals surface area contributed by atoms with Crippen molar-refractivity contribution in [2.75, 3.05) is 27.8 Å². The highest BCUT2D eigenvalue weighted by molar-refractivity contribution is 5.82. The molecule has 0 aromatic heterocycles. The Hall–Kier alpha value is -1.83. The second-order valence-electron chi connectivity index (χ2n) is 6.07. The number of carbonyl (C=O) groups excluding carboxylic acids is 3. The molecule has 2 unspecified atom stereocenters. The topological polar surface area (TPSA) is 103 Å². The SMILES string of the molecule is CC.CNCCC(CC(NC(=O)OC(C)(C)C)C(=O)OC)C(=O)OC. The molecule has 0 bridgehead atoms. The van der Waals surface area contributed by atoms with Gasteiger partial charge in [0.05, 0.1) is 20.1 Å². The maximum atomic E-state index is 11.9. The van der Waals surface area contributed by atoms with E-state index in [1.54, 1.807) is 27.8 Å². The highest BCUT2D eigenvalue weighted by atomic mass is 16.6. The molecular formula is C17H34N2O6. The molecule has 8 nitrogen and oxygen atoms in total. The van der Waals surface area contributed by atoms with Crippen molar-refractivity contribution in [3.05, 3.63) is 0 Å². The van der Waals surface area contributed by atoms with Gasteiger partial charge < -0.3 is 24.8 Å². The van der Waals surface area contributed by atoms with Gasteiger partial charge in [-0.3, -0.25) is 4.79 Å². The highest BCUT2D eigenvalue weighted by Gasteiger charge is 2.31. The maximum Gasteiger partial charge on any atom is 0.408 e. The Morgan fingerprint density at radius 2 is 1.52 bits per heavy atom. The van der Waals surface area contributed by atoms with Gasteiger partial charge in [0.25, 0.3) is 0 Å². The molecule has 0 spiro atoms. The summed E-state index contributed by atoms with van der Waals surface area (Å²) < 4.78 is 14.6. The average molecular weight is 362 g/mol. The molecule has 8 heteroatoms. The summed E-state index contributed by atoms with van der Waals surface area (Å²) in [7, 11) is 4.25. The minimum Gasteiger partial charge on any atom is -0.469 e. The molecular weight excluding hydrogens is 328 g/mol. The van der Waals surface area contributed by atoms with Gasteiger partial charge in [0, 0.05) is 0 Å². The van der Waals surface area contributed by atoms with Gasteiger partial charge in [0.2, 0.25) is 0 Å². The van der Waals surface area contributed by atoms with Crippen molar-refractivity contribution in [2.45, 2.75) is 59.1 Å². The lowest BCUT2D eigenvalue weighted by atomic mass is 9.96. The van der Waals surface area contributed by atoms with E-state index in [2.05, 4.69) is 15.4 Å². The van der Waals surface area contributed by atoms with E-state index >= 15 is 0 Å². The Bertz CT molecular complexity index is 406. The second-order valence-corrected chi connectivity index (χ2v) is 6.07. The van der Waals surface area contributed by atoms with Crippen molar-refractivity contribution in [3.8, 4) is 0 Å². The summed E-state index contributed by atoms with van der Waals surface area (Å²) in [6.45, 7) is 9.71. The Morgan fingerprint density at radius 1 is 1.00 bits per heavy atom. The van der Waals surface area contributed by atoms with Crippen LogP contribution in [0, 0.1) is 5.92 Å². The largest absolute Gasteiger partial charge is 0.469 e. The molecule has 0 saturated carbocycles. The minimum atomic E-state index is -0.990. The molecule has 0 saturated heterocycles. The molecule has 0 aliphatic rings. The standard InChI is InChI=1S/C15H28N2O6.C2H6/c1-15(2,3)23-14(20)17-11(13(19)22-6)9-10(7-8-16-4)12(18)21-5;1-2/h10-11,16H,7-9H2,1-6H3,(H,17,20);1-2H3. The fourth-order valence-corrected chi connectivity index (χ4v) is 1.91. The molecule has 0 aliphatic carbocycles. The van der Waals surface area contributed by atoms with Gasteiger partial charge in [-0.2, -0.15) is 0 Å². The zero-order valence-corrected chi connectivity index (χ0v) is 16.7. The Morgan fingerprint density at radius 3 is 1.92 bits per heavy atom. The number of hydrogen-bond acceptors (Lipinski definition) is 7. The molecule has 25 heavy (non-hydrogen) atoms. The smallest absolute Gasteiger partial charge is 0.408 e. The number of amides is 1. The van der Waals surface area contributed by atoms with Crippen LogP contribution in [0.15, 0.2) is 0 Å². The molecule has 0 aromatic carbocycles. The zero-order valence-electron chi connectivity index (χ0n) is 16.7. The van der Waals surface area contributed by atoms with E-state index in [4.69, 9.17) is 9.47 Å². The van der Waals surface area contributed by atoms with E-state index in [-0.39, 0.29) is 6.42 Å². The predicted octanol–water partition coefficient (Wildman–Crippen LogP) is 1.87. The van der Waals surface area contributed by atoms with Gasteiger partial charge in [-0.05, 0) is 47.2 Å².